The van der Waals surface area contributed by atoms with Crippen LogP contribution in [0.3, 0.4) is 0 Å². The maximum absolute atomic E-state index is 12.3. The number of rotatable bonds is 10. The van der Waals surface area contributed by atoms with Crippen LogP contribution in [0.2, 0.25) is 0 Å². The van der Waals surface area contributed by atoms with Crippen LogP contribution in [0.25, 0.3) is 0 Å². The van der Waals surface area contributed by atoms with Gasteiger partial charge in [-0.1, -0.05) is 18.7 Å². The van der Waals surface area contributed by atoms with Gasteiger partial charge in [-0.2, -0.15) is 0 Å². The first-order valence-corrected chi connectivity index (χ1v) is 7.62. The molecule has 0 fully saturated rings. The van der Waals surface area contributed by atoms with Crippen LogP contribution < -0.4 is 0 Å². The van der Waals surface area contributed by atoms with Crippen LogP contribution in [0.4, 0.5) is 0 Å². The molecule has 3 N–H and O–H groups in total. The van der Waals surface area contributed by atoms with Gasteiger partial charge in [0.1, 0.15) is 6.54 Å². The molecule has 0 bridgehead atoms. The third-order valence-corrected chi connectivity index (χ3v) is 3.88. The van der Waals surface area contributed by atoms with E-state index in [1.54, 1.807) is 0 Å². The number of aliphatic carboxylic acids is 3. The maximum atomic E-state index is 12.3. The summed E-state index contributed by atoms with van der Waals surface area (Å²) in [7, 11) is 0. The van der Waals surface area contributed by atoms with Gasteiger partial charge in [-0.15, -0.1) is 0 Å². The number of hydrogen-bond donors (Lipinski definition) is 3. The molecule has 23 heavy (non-hydrogen) atoms. The minimum absolute atomic E-state index is 0.0944. The lowest BCUT2D eigenvalue weighted by Crippen LogP contribution is -2.48. The number of amides is 1. The Kier molecular flexibility index (Phi) is 8.93. The SMILES string of the molecule is CC(=O)SCC(C)C(=O)N(CC(=O)O)C(CC(=O)O)CC(=O)O. The van der Waals surface area contributed by atoms with Crippen LogP contribution in [0.5, 0.6) is 0 Å². The van der Waals surface area contributed by atoms with E-state index in [4.69, 9.17) is 15.3 Å². The molecule has 0 radical (unpaired) electrons. The quantitative estimate of drug-likeness (QED) is 0.500. The first-order chi connectivity index (χ1) is 10.5. The fourth-order valence-electron chi connectivity index (χ4n) is 1.83. The van der Waals surface area contributed by atoms with Crippen molar-refractivity contribution in [3.63, 3.8) is 0 Å². The summed E-state index contributed by atoms with van der Waals surface area (Å²) in [6.07, 6.45) is -1.37. The molecule has 1 amide bonds. The summed E-state index contributed by atoms with van der Waals surface area (Å²) in [5.74, 6) is -5.43. The third-order valence-electron chi connectivity index (χ3n) is 2.81. The van der Waals surface area contributed by atoms with Crippen LogP contribution in [0.15, 0.2) is 0 Å². The Morgan fingerprint density at radius 1 is 0.957 bits per heavy atom. The molecule has 0 saturated carbocycles. The summed E-state index contributed by atoms with van der Waals surface area (Å²) in [5.41, 5.74) is 0. The minimum atomic E-state index is -1.38. The Hall–Kier alpha value is -2.10. The summed E-state index contributed by atoms with van der Waals surface area (Å²) < 4.78 is 0. The molecule has 0 heterocycles. The van der Waals surface area contributed by atoms with Crippen LogP contribution >= 0.6 is 11.8 Å². The average molecular weight is 349 g/mol. The van der Waals surface area contributed by atoms with Crippen molar-refractivity contribution >= 4 is 40.7 Å². The van der Waals surface area contributed by atoms with E-state index in [9.17, 15) is 24.0 Å². The summed E-state index contributed by atoms with van der Waals surface area (Å²) >= 11 is 0.877. The fourth-order valence-corrected chi connectivity index (χ4v) is 2.45. The summed E-state index contributed by atoms with van der Waals surface area (Å²) in [4.78, 5) is 56.7. The maximum Gasteiger partial charge on any atom is 0.323 e. The lowest BCUT2D eigenvalue weighted by atomic mass is 10.1. The van der Waals surface area contributed by atoms with Crippen molar-refractivity contribution in [2.24, 2.45) is 5.92 Å². The second-order valence-corrected chi connectivity index (χ2v) is 6.11. The van der Waals surface area contributed by atoms with Crippen LogP contribution in [0, 0.1) is 5.92 Å². The monoisotopic (exact) mass is 349 g/mol. The topological polar surface area (TPSA) is 149 Å². The zero-order chi connectivity index (χ0) is 18.2. The molecule has 1 unspecified atom stereocenters. The lowest BCUT2D eigenvalue weighted by Gasteiger charge is -2.30. The summed E-state index contributed by atoms with van der Waals surface area (Å²) in [5, 5.41) is 26.4. The number of carbonyl (C=O) groups is 5. The summed E-state index contributed by atoms with van der Waals surface area (Å²) in [6, 6.07) is -1.28. The van der Waals surface area contributed by atoms with E-state index in [0.717, 1.165) is 16.7 Å². The molecule has 0 aromatic heterocycles. The molecular weight excluding hydrogens is 330 g/mol. The molecule has 0 aliphatic carbocycles. The molecule has 0 aliphatic heterocycles. The largest absolute Gasteiger partial charge is 0.481 e. The van der Waals surface area contributed by atoms with E-state index in [1.807, 2.05) is 0 Å². The van der Waals surface area contributed by atoms with Crippen molar-refractivity contribution in [2.75, 3.05) is 12.3 Å². The zero-order valence-corrected chi connectivity index (χ0v) is 13.5. The first-order valence-electron chi connectivity index (χ1n) is 6.63. The smallest absolute Gasteiger partial charge is 0.323 e. The predicted octanol–water partition coefficient (Wildman–Crippen LogP) is 0.133. The number of carboxylic acids is 3. The zero-order valence-electron chi connectivity index (χ0n) is 12.7. The number of carboxylic acid groups (broad SMARTS) is 3. The average Bonchev–Trinajstić information content (AvgIpc) is 2.39. The Balaban J connectivity index is 5.29. The van der Waals surface area contributed by atoms with Crippen LogP contribution in [-0.2, 0) is 24.0 Å². The lowest BCUT2D eigenvalue weighted by molar-refractivity contribution is -0.152. The third kappa shape index (κ3) is 8.81. The molecule has 0 aromatic rings. The van der Waals surface area contributed by atoms with E-state index >= 15 is 0 Å². The number of carbonyl (C=O) groups excluding carboxylic acids is 2. The van der Waals surface area contributed by atoms with Crippen molar-refractivity contribution in [1.82, 2.24) is 4.90 Å². The Labute approximate surface area is 136 Å². The Bertz CT molecular complexity index is 476. The number of nitrogens with zero attached hydrogens (tertiary/aromatic N) is 1. The van der Waals surface area contributed by atoms with Gasteiger partial charge >= 0.3 is 17.9 Å². The molecule has 1 atom stereocenters. The van der Waals surface area contributed by atoms with Gasteiger partial charge in [0.15, 0.2) is 5.12 Å². The van der Waals surface area contributed by atoms with Crippen LogP contribution in [-0.4, -0.2) is 67.5 Å². The van der Waals surface area contributed by atoms with Gasteiger partial charge in [-0.25, -0.2) is 0 Å². The van der Waals surface area contributed by atoms with Gasteiger partial charge in [0.05, 0.1) is 18.9 Å². The highest BCUT2D eigenvalue weighted by molar-refractivity contribution is 8.13. The minimum Gasteiger partial charge on any atom is -0.481 e. The molecule has 0 aliphatic rings. The van der Waals surface area contributed by atoms with Gasteiger partial charge in [-0.3, -0.25) is 24.0 Å². The molecule has 0 rings (SSSR count). The van der Waals surface area contributed by atoms with Gasteiger partial charge < -0.3 is 20.2 Å². The first kappa shape index (κ1) is 20.9. The Morgan fingerprint density at radius 2 is 1.43 bits per heavy atom. The highest BCUT2D eigenvalue weighted by Gasteiger charge is 2.32. The van der Waals surface area contributed by atoms with Gasteiger partial charge in [0.25, 0.3) is 0 Å². The van der Waals surface area contributed by atoms with Crippen molar-refractivity contribution in [3.05, 3.63) is 0 Å². The van der Waals surface area contributed by atoms with Gasteiger partial charge in [0, 0.05) is 18.6 Å². The van der Waals surface area contributed by atoms with Crippen molar-refractivity contribution in [3.8, 4) is 0 Å². The number of hydrogen-bond acceptors (Lipinski definition) is 6. The molecule has 0 saturated heterocycles. The van der Waals surface area contributed by atoms with Crippen molar-refractivity contribution in [1.29, 1.82) is 0 Å². The molecule has 10 heteroatoms. The molecule has 0 spiro atoms. The molecule has 9 nitrogen and oxygen atoms in total. The second kappa shape index (κ2) is 9.82. The van der Waals surface area contributed by atoms with E-state index in [0.29, 0.717) is 0 Å². The Morgan fingerprint density at radius 3 is 1.78 bits per heavy atom. The van der Waals surface area contributed by atoms with Gasteiger partial charge in [-0.05, 0) is 0 Å². The van der Waals surface area contributed by atoms with Crippen molar-refractivity contribution < 1.29 is 39.3 Å². The highest BCUT2D eigenvalue weighted by atomic mass is 32.2. The predicted molar refractivity (Wildman–Crippen MR) is 79.9 cm³/mol. The normalized spacial score (nSPS) is 11.8. The van der Waals surface area contributed by atoms with E-state index < -0.39 is 55.2 Å². The fraction of sp³-hybridized carbons (Fsp3) is 0.615. The molecule has 130 valence electrons. The highest BCUT2D eigenvalue weighted by Crippen LogP contribution is 2.17. The number of thioether (sulfide) groups is 1. The standard InChI is InChI=1S/C13H19NO8S/c1-7(6-23-8(2)15)13(22)14(5-12(20)21)9(3-10(16)17)4-11(18)19/h7,9H,3-6H2,1-2H3,(H,16,17)(H,18,19)(H,20,21). The molecular formula is C13H19NO8S. The molecule has 0 aromatic carbocycles. The second-order valence-electron chi connectivity index (χ2n) is 4.91. The van der Waals surface area contributed by atoms with E-state index in [-0.39, 0.29) is 10.9 Å². The summed E-state index contributed by atoms with van der Waals surface area (Å²) in [6.45, 7) is 1.97. The van der Waals surface area contributed by atoms with E-state index in [2.05, 4.69) is 0 Å². The van der Waals surface area contributed by atoms with Gasteiger partial charge in [0.2, 0.25) is 5.91 Å². The van der Waals surface area contributed by atoms with E-state index in [1.165, 1.54) is 13.8 Å². The van der Waals surface area contributed by atoms with Crippen LogP contribution in [0.1, 0.15) is 26.7 Å². The van der Waals surface area contributed by atoms with Crippen molar-refractivity contribution in [2.45, 2.75) is 32.7 Å².